The van der Waals surface area contributed by atoms with E-state index < -0.39 is 0 Å². The molecule has 0 radical (unpaired) electrons. The third-order valence-electron chi connectivity index (χ3n) is 3.66. The lowest BCUT2D eigenvalue weighted by atomic mass is 10.1. The highest BCUT2D eigenvalue weighted by molar-refractivity contribution is 6.32. The fourth-order valence-corrected chi connectivity index (χ4v) is 2.80. The Labute approximate surface area is 130 Å². The van der Waals surface area contributed by atoms with Crippen molar-refractivity contribution in [1.29, 1.82) is 0 Å². The van der Waals surface area contributed by atoms with Crippen LogP contribution in [-0.2, 0) is 0 Å². The van der Waals surface area contributed by atoms with Gasteiger partial charge in [0.15, 0.2) is 11.0 Å². The van der Waals surface area contributed by atoms with Crippen molar-refractivity contribution in [3.63, 3.8) is 0 Å². The number of likely N-dealkylation sites (N-methyl/N-ethyl adjacent to an activating group) is 1. The SMILES string of the molecule is CN(c1nc2ccccc2nc1Cl)[C@@H]1CCCNC1.Cl. The highest BCUT2D eigenvalue weighted by atomic mass is 35.5. The van der Waals surface area contributed by atoms with Crippen molar-refractivity contribution in [1.82, 2.24) is 15.3 Å². The molecule has 1 saturated heterocycles. The number of nitrogens with one attached hydrogen (secondary N) is 1. The second kappa shape index (κ2) is 6.57. The Kier molecular flexibility index (Phi) is 5.02. The summed E-state index contributed by atoms with van der Waals surface area (Å²) in [6, 6.07) is 8.25. The van der Waals surface area contributed by atoms with Crippen LogP contribution in [-0.4, -0.2) is 36.1 Å². The normalized spacial score (nSPS) is 18.6. The van der Waals surface area contributed by atoms with E-state index in [0.29, 0.717) is 11.2 Å². The zero-order valence-corrected chi connectivity index (χ0v) is 12.9. The number of hydrogen-bond donors (Lipinski definition) is 1. The number of hydrogen-bond acceptors (Lipinski definition) is 4. The van der Waals surface area contributed by atoms with E-state index in [2.05, 4.69) is 20.2 Å². The molecule has 1 N–H and O–H groups in total. The van der Waals surface area contributed by atoms with Gasteiger partial charge in [-0.05, 0) is 31.5 Å². The highest BCUT2D eigenvalue weighted by Crippen LogP contribution is 2.26. The minimum atomic E-state index is 0. The summed E-state index contributed by atoms with van der Waals surface area (Å²) in [6.07, 6.45) is 2.35. The smallest absolute Gasteiger partial charge is 0.172 e. The Morgan fingerprint density at radius 1 is 1.25 bits per heavy atom. The summed E-state index contributed by atoms with van der Waals surface area (Å²) in [7, 11) is 2.04. The molecule has 1 aromatic heterocycles. The van der Waals surface area contributed by atoms with Gasteiger partial charge >= 0.3 is 0 Å². The number of halogens is 2. The van der Waals surface area contributed by atoms with Gasteiger partial charge in [0.2, 0.25) is 0 Å². The molecule has 3 rings (SSSR count). The maximum Gasteiger partial charge on any atom is 0.172 e. The summed E-state index contributed by atoms with van der Waals surface area (Å²) in [5, 5.41) is 3.89. The van der Waals surface area contributed by atoms with E-state index in [1.54, 1.807) is 0 Å². The van der Waals surface area contributed by atoms with Crippen molar-refractivity contribution in [2.75, 3.05) is 25.0 Å². The van der Waals surface area contributed by atoms with Crippen LogP contribution < -0.4 is 10.2 Å². The standard InChI is InChI=1S/C14H17ClN4.ClH/c1-19(10-5-4-8-16-9-10)14-13(15)17-11-6-2-3-7-12(11)18-14;/h2-3,6-7,10,16H,4-5,8-9H2,1H3;1H/t10-;/m1./s1. The highest BCUT2D eigenvalue weighted by Gasteiger charge is 2.21. The van der Waals surface area contributed by atoms with Gasteiger partial charge in [-0.3, -0.25) is 0 Å². The molecule has 2 heterocycles. The Morgan fingerprint density at radius 2 is 1.95 bits per heavy atom. The van der Waals surface area contributed by atoms with E-state index in [1.165, 1.54) is 6.42 Å². The minimum Gasteiger partial charge on any atom is -0.353 e. The van der Waals surface area contributed by atoms with Crippen molar-refractivity contribution in [3.05, 3.63) is 29.4 Å². The van der Waals surface area contributed by atoms with Gasteiger partial charge in [0.25, 0.3) is 0 Å². The van der Waals surface area contributed by atoms with Crippen LogP contribution in [0.15, 0.2) is 24.3 Å². The van der Waals surface area contributed by atoms with Crippen molar-refractivity contribution in [2.24, 2.45) is 0 Å². The summed E-state index contributed by atoms with van der Waals surface area (Å²) in [5.41, 5.74) is 1.73. The second-order valence-corrected chi connectivity index (χ2v) is 5.30. The molecule has 0 saturated carbocycles. The molecular weight excluding hydrogens is 295 g/mol. The summed E-state index contributed by atoms with van der Waals surface area (Å²) >= 11 is 6.28. The lowest BCUT2D eigenvalue weighted by Crippen LogP contribution is -2.44. The molecule has 20 heavy (non-hydrogen) atoms. The van der Waals surface area contributed by atoms with Crippen LogP contribution >= 0.6 is 24.0 Å². The molecular formula is C14H18Cl2N4. The topological polar surface area (TPSA) is 41.1 Å². The predicted octanol–water partition coefficient (Wildman–Crippen LogP) is 2.89. The average Bonchev–Trinajstić information content (AvgIpc) is 2.47. The van der Waals surface area contributed by atoms with Gasteiger partial charge in [-0.1, -0.05) is 23.7 Å². The summed E-state index contributed by atoms with van der Waals surface area (Å²) in [4.78, 5) is 11.2. The summed E-state index contributed by atoms with van der Waals surface area (Å²) < 4.78 is 0. The molecule has 1 fully saturated rings. The second-order valence-electron chi connectivity index (χ2n) is 4.94. The molecule has 0 bridgehead atoms. The molecule has 6 heteroatoms. The van der Waals surface area contributed by atoms with E-state index in [-0.39, 0.29) is 12.4 Å². The number of aromatic nitrogens is 2. The first-order valence-electron chi connectivity index (χ1n) is 6.61. The van der Waals surface area contributed by atoms with Crippen LogP contribution in [0, 0.1) is 0 Å². The number of para-hydroxylation sites is 2. The zero-order chi connectivity index (χ0) is 13.2. The Bertz CT molecular complexity index is 584. The maximum absolute atomic E-state index is 6.28. The fraction of sp³-hybridized carbons (Fsp3) is 0.429. The molecule has 1 aliphatic rings. The molecule has 1 aromatic carbocycles. The molecule has 0 unspecified atom stereocenters. The van der Waals surface area contributed by atoms with E-state index in [4.69, 9.17) is 11.6 Å². The van der Waals surface area contributed by atoms with Crippen LogP contribution in [0.25, 0.3) is 11.0 Å². The average molecular weight is 313 g/mol. The molecule has 1 aliphatic heterocycles. The minimum absolute atomic E-state index is 0. The third-order valence-corrected chi connectivity index (χ3v) is 3.92. The Morgan fingerprint density at radius 3 is 2.60 bits per heavy atom. The molecule has 1 atom stereocenters. The van der Waals surface area contributed by atoms with E-state index in [9.17, 15) is 0 Å². The lowest BCUT2D eigenvalue weighted by Gasteiger charge is -2.32. The number of piperidine rings is 1. The maximum atomic E-state index is 6.28. The van der Waals surface area contributed by atoms with Crippen LogP contribution in [0.3, 0.4) is 0 Å². The first-order chi connectivity index (χ1) is 9.25. The van der Waals surface area contributed by atoms with Gasteiger partial charge in [0.05, 0.1) is 11.0 Å². The van der Waals surface area contributed by atoms with E-state index in [1.807, 2.05) is 31.3 Å². The van der Waals surface area contributed by atoms with E-state index in [0.717, 1.165) is 36.4 Å². The number of benzene rings is 1. The molecule has 0 amide bonds. The monoisotopic (exact) mass is 312 g/mol. The van der Waals surface area contributed by atoms with Gasteiger partial charge in [0, 0.05) is 19.6 Å². The Balaban J connectivity index is 0.00000147. The number of rotatable bonds is 2. The molecule has 4 nitrogen and oxygen atoms in total. The van der Waals surface area contributed by atoms with Crippen LogP contribution in [0.1, 0.15) is 12.8 Å². The largest absolute Gasteiger partial charge is 0.353 e. The van der Waals surface area contributed by atoms with Crippen LogP contribution in [0.2, 0.25) is 5.15 Å². The van der Waals surface area contributed by atoms with Gasteiger partial charge in [0.1, 0.15) is 0 Å². The van der Waals surface area contributed by atoms with Crippen molar-refractivity contribution >= 4 is 40.9 Å². The third kappa shape index (κ3) is 2.97. The molecule has 0 spiro atoms. The predicted molar refractivity (Wildman–Crippen MR) is 86.1 cm³/mol. The zero-order valence-electron chi connectivity index (χ0n) is 11.3. The Hall–Kier alpha value is -1.10. The lowest BCUT2D eigenvalue weighted by molar-refractivity contribution is 0.443. The van der Waals surface area contributed by atoms with Gasteiger partial charge in [-0.2, -0.15) is 0 Å². The van der Waals surface area contributed by atoms with Gasteiger partial charge in [-0.25, -0.2) is 9.97 Å². The molecule has 108 valence electrons. The quantitative estimate of drug-likeness (QED) is 0.925. The van der Waals surface area contributed by atoms with Crippen LogP contribution in [0.4, 0.5) is 5.82 Å². The first-order valence-corrected chi connectivity index (χ1v) is 6.99. The van der Waals surface area contributed by atoms with Crippen LogP contribution in [0.5, 0.6) is 0 Å². The van der Waals surface area contributed by atoms with Crippen molar-refractivity contribution < 1.29 is 0 Å². The summed E-state index contributed by atoms with van der Waals surface area (Å²) in [6.45, 7) is 2.07. The first kappa shape index (κ1) is 15.3. The van der Waals surface area contributed by atoms with Gasteiger partial charge in [-0.15, -0.1) is 12.4 Å². The van der Waals surface area contributed by atoms with Crippen molar-refractivity contribution in [2.45, 2.75) is 18.9 Å². The van der Waals surface area contributed by atoms with Gasteiger partial charge < -0.3 is 10.2 Å². The fourth-order valence-electron chi connectivity index (χ4n) is 2.53. The number of fused-ring (bicyclic) bond motifs is 1. The molecule has 0 aliphatic carbocycles. The number of anilines is 1. The summed E-state index contributed by atoms with van der Waals surface area (Å²) in [5.74, 6) is 0.772. The molecule has 2 aromatic rings. The number of nitrogens with zero attached hydrogens (tertiary/aromatic N) is 3. The van der Waals surface area contributed by atoms with E-state index >= 15 is 0 Å². The van der Waals surface area contributed by atoms with Crippen molar-refractivity contribution in [3.8, 4) is 0 Å².